The number of nitrogens with one attached hydrogen (secondary N) is 3. The predicted molar refractivity (Wildman–Crippen MR) is 128 cm³/mol. The molecule has 0 radical (unpaired) electrons. The van der Waals surface area contributed by atoms with Gasteiger partial charge in [0.2, 0.25) is 0 Å². The molecule has 4 rings (SSSR count). The Morgan fingerprint density at radius 2 is 1.91 bits per heavy atom. The largest absolute Gasteiger partial charge is 0.388 e. The molecule has 7 nitrogen and oxygen atoms in total. The van der Waals surface area contributed by atoms with Gasteiger partial charge in [0, 0.05) is 18.4 Å². The Labute approximate surface area is 196 Å². The number of carbonyl (C=O) groups excluding carboxylic acids is 2. The standard InChI is InChI=1S/C21H17ClFN5O2S2/c1-24-13-4-2-12(3-5-13)16-11-19(29)28(26-16)17-7-6-14(10-15(17)23)25-21(30)27-32-20-9-8-18(22)31-20/h2-10,24H,11H2,1H3,(H2,25,27,30). The Kier molecular flexibility index (Phi) is 6.63. The number of rotatable bonds is 6. The van der Waals surface area contributed by atoms with E-state index < -0.39 is 11.8 Å². The zero-order valence-electron chi connectivity index (χ0n) is 16.7. The Bertz CT molecular complexity index is 1200. The molecular weight excluding hydrogens is 473 g/mol. The second-order valence-electron chi connectivity index (χ2n) is 6.64. The highest BCUT2D eigenvalue weighted by Gasteiger charge is 2.28. The van der Waals surface area contributed by atoms with Crippen molar-refractivity contribution in [2.45, 2.75) is 10.6 Å². The monoisotopic (exact) mass is 489 g/mol. The highest BCUT2D eigenvalue weighted by atomic mass is 35.5. The summed E-state index contributed by atoms with van der Waals surface area (Å²) in [6, 6.07) is 14.5. The molecule has 0 saturated heterocycles. The molecule has 3 N–H and O–H groups in total. The van der Waals surface area contributed by atoms with Crippen LogP contribution in [-0.2, 0) is 4.79 Å². The molecule has 11 heteroatoms. The van der Waals surface area contributed by atoms with Crippen molar-refractivity contribution in [3.63, 3.8) is 0 Å². The molecule has 164 valence electrons. The van der Waals surface area contributed by atoms with Crippen LogP contribution in [0.1, 0.15) is 12.0 Å². The van der Waals surface area contributed by atoms with E-state index in [9.17, 15) is 14.0 Å². The minimum Gasteiger partial charge on any atom is -0.388 e. The lowest BCUT2D eigenvalue weighted by Gasteiger charge is -2.14. The third-order valence-corrected chi connectivity index (χ3v) is 6.66. The fraction of sp³-hybridized carbons (Fsp3) is 0.0952. The summed E-state index contributed by atoms with van der Waals surface area (Å²) in [5, 5.41) is 10.9. The maximum Gasteiger partial charge on any atom is 0.329 e. The van der Waals surface area contributed by atoms with Crippen LogP contribution in [0.2, 0.25) is 4.34 Å². The van der Waals surface area contributed by atoms with Gasteiger partial charge in [0.15, 0.2) is 5.82 Å². The second kappa shape index (κ2) is 9.60. The number of carbonyl (C=O) groups is 2. The number of thiophene rings is 1. The van der Waals surface area contributed by atoms with Crippen LogP contribution in [0.4, 0.5) is 26.2 Å². The Hall–Kier alpha value is -3.08. The van der Waals surface area contributed by atoms with Crippen LogP contribution in [0.15, 0.2) is 63.9 Å². The molecule has 0 fully saturated rings. The molecule has 3 aromatic rings. The number of halogens is 2. The molecular formula is C21H17ClFN5O2S2. The van der Waals surface area contributed by atoms with Crippen molar-refractivity contribution in [2.24, 2.45) is 5.10 Å². The van der Waals surface area contributed by atoms with Gasteiger partial charge in [-0.3, -0.25) is 9.52 Å². The summed E-state index contributed by atoms with van der Waals surface area (Å²) in [4.78, 5) is 24.5. The summed E-state index contributed by atoms with van der Waals surface area (Å²) >= 11 is 8.28. The van der Waals surface area contributed by atoms with E-state index in [1.165, 1.54) is 23.5 Å². The molecule has 2 heterocycles. The van der Waals surface area contributed by atoms with Gasteiger partial charge in [-0.05, 0) is 60.0 Å². The summed E-state index contributed by atoms with van der Waals surface area (Å²) < 4.78 is 18.8. The molecule has 0 atom stereocenters. The first kappa shape index (κ1) is 22.1. The molecule has 32 heavy (non-hydrogen) atoms. The topological polar surface area (TPSA) is 85.8 Å². The van der Waals surface area contributed by atoms with E-state index in [4.69, 9.17) is 11.6 Å². The molecule has 1 aliphatic rings. The van der Waals surface area contributed by atoms with E-state index in [0.717, 1.165) is 38.5 Å². The van der Waals surface area contributed by atoms with Crippen LogP contribution < -0.4 is 20.4 Å². The first-order chi connectivity index (χ1) is 15.4. The normalized spacial score (nSPS) is 13.2. The molecule has 2 aromatic carbocycles. The van der Waals surface area contributed by atoms with E-state index in [0.29, 0.717) is 10.0 Å². The maximum absolute atomic E-state index is 14.7. The maximum atomic E-state index is 14.7. The molecule has 0 unspecified atom stereocenters. The number of benzene rings is 2. The number of hydrogen-bond acceptors (Lipinski definition) is 6. The fourth-order valence-electron chi connectivity index (χ4n) is 2.97. The van der Waals surface area contributed by atoms with Crippen molar-refractivity contribution in [2.75, 3.05) is 22.7 Å². The number of hydrogen-bond donors (Lipinski definition) is 3. The van der Waals surface area contributed by atoms with Crippen molar-refractivity contribution < 1.29 is 14.0 Å². The second-order valence-corrected chi connectivity index (χ2v) is 9.46. The van der Waals surface area contributed by atoms with Gasteiger partial charge in [0.05, 0.1) is 20.7 Å². The third kappa shape index (κ3) is 5.04. The van der Waals surface area contributed by atoms with Gasteiger partial charge in [0.25, 0.3) is 5.91 Å². The average molecular weight is 490 g/mol. The third-order valence-electron chi connectivity index (χ3n) is 4.51. The first-order valence-corrected chi connectivity index (χ1v) is 11.4. The zero-order valence-corrected chi connectivity index (χ0v) is 19.1. The minimum atomic E-state index is -0.677. The first-order valence-electron chi connectivity index (χ1n) is 9.40. The summed E-state index contributed by atoms with van der Waals surface area (Å²) in [6.45, 7) is 0. The highest BCUT2D eigenvalue weighted by molar-refractivity contribution is 7.99. The van der Waals surface area contributed by atoms with Crippen molar-refractivity contribution in [1.29, 1.82) is 0 Å². The lowest BCUT2D eigenvalue weighted by Crippen LogP contribution is -2.23. The lowest BCUT2D eigenvalue weighted by atomic mass is 10.1. The van der Waals surface area contributed by atoms with Gasteiger partial charge in [0.1, 0.15) is 5.69 Å². The summed E-state index contributed by atoms with van der Waals surface area (Å²) in [5.74, 6) is -1.01. The molecule has 0 bridgehead atoms. The van der Waals surface area contributed by atoms with Crippen LogP contribution >= 0.6 is 34.9 Å². The summed E-state index contributed by atoms with van der Waals surface area (Å²) in [7, 11) is 1.82. The zero-order chi connectivity index (χ0) is 22.7. The van der Waals surface area contributed by atoms with E-state index in [-0.39, 0.29) is 23.7 Å². The molecule has 3 amide bonds. The molecule has 0 spiro atoms. The molecule has 1 aliphatic heterocycles. The average Bonchev–Trinajstić information content (AvgIpc) is 3.38. The molecule has 0 saturated carbocycles. The number of urea groups is 1. The quantitative estimate of drug-likeness (QED) is 0.396. The van der Waals surface area contributed by atoms with Gasteiger partial charge < -0.3 is 10.6 Å². The lowest BCUT2D eigenvalue weighted by molar-refractivity contribution is -0.116. The van der Waals surface area contributed by atoms with Crippen molar-refractivity contribution in [3.05, 3.63) is 70.3 Å². The summed E-state index contributed by atoms with van der Waals surface area (Å²) in [5.41, 5.74) is 2.55. The number of hydrazone groups is 1. The van der Waals surface area contributed by atoms with Gasteiger partial charge in [-0.1, -0.05) is 23.7 Å². The molecule has 1 aromatic heterocycles. The van der Waals surface area contributed by atoms with Crippen LogP contribution in [0.5, 0.6) is 0 Å². The Morgan fingerprint density at radius 1 is 1.16 bits per heavy atom. The van der Waals surface area contributed by atoms with Gasteiger partial charge in [-0.15, -0.1) is 11.3 Å². The number of anilines is 3. The van der Waals surface area contributed by atoms with E-state index >= 15 is 0 Å². The number of nitrogens with zero attached hydrogens (tertiary/aromatic N) is 2. The van der Waals surface area contributed by atoms with Crippen molar-refractivity contribution in [3.8, 4) is 0 Å². The van der Waals surface area contributed by atoms with Gasteiger partial charge >= 0.3 is 6.03 Å². The van der Waals surface area contributed by atoms with E-state index in [1.54, 1.807) is 12.1 Å². The van der Waals surface area contributed by atoms with Crippen LogP contribution in [0, 0.1) is 5.82 Å². The van der Waals surface area contributed by atoms with Crippen LogP contribution in [0.3, 0.4) is 0 Å². The minimum absolute atomic E-state index is 0.0189. The predicted octanol–water partition coefficient (Wildman–Crippen LogP) is 5.55. The van der Waals surface area contributed by atoms with Crippen LogP contribution in [0.25, 0.3) is 0 Å². The number of amides is 3. The Balaban J connectivity index is 1.43. The van der Waals surface area contributed by atoms with E-state index in [2.05, 4.69) is 20.5 Å². The SMILES string of the molecule is CNc1ccc(C2=NN(c3ccc(NC(=O)NSc4ccc(Cl)s4)cc3F)C(=O)C2)cc1. The smallest absolute Gasteiger partial charge is 0.329 e. The van der Waals surface area contributed by atoms with Crippen molar-refractivity contribution >= 4 is 69.6 Å². The molecule has 0 aliphatic carbocycles. The highest BCUT2D eigenvalue weighted by Crippen LogP contribution is 2.30. The summed E-state index contributed by atoms with van der Waals surface area (Å²) in [6.07, 6.45) is 0.0741. The van der Waals surface area contributed by atoms with Crippen molar-refractivity contribution in [1.82, 2.24) is 4.72 Å². The van der Waals surface area contributed by atoms with E-state index in [1.807, 2.05) is 31.3 Å². The van der Waals surface area contributed by atoms with Gasteiger partial charge in [-0.2, -0.15) is 10.1 Å². The van der Waals surface area contributed by atoms with Gasteiger partial charge in [-0.25, -0.2) is 9.18 Å². The fourth-order valence-corrected chi connectivity index (χ4v) is 4.82. The Morgan fingerprint density at radius 3 is 2.56 bits per heavy atom. The van der Waals surface area contributed by atoms with Crippen LogP contribution in [-0.4, -0.2) is 24.7 Å².